The fraction of sp³-hybridized carbons (Fsp3) is 0.500. The van der Waals surface area contributed by atoms with Crippen LogP contribution in [0.5, 0.6) is 0 Å². The van der Waals surface area contributed by atoms with Crippen molar-refractivity contribution in [2.75, 3.05) is 50.6 Å². The zero-order chi connectivity index (χ0) is 21.2. The molecular weight excluding hydrogens is 380 g/mol. The van der Waals surface area contributed by atoms with Crippen LogP contribution >= 0.6 is 0 Å². The third kappa shape index (κ3) is 6.39. The monoisotopic (exact) mass is 408 g/mol. The Balaban J connectivity index is 1.95. The molecule has 0 saturated carbocycles. The van der Waals surface area contributed by atoms with Crippen molar-refractivity contribution in [3.63, 3.8) is 0 Å². The lowest BCUT2D eigenvalue weighted by molar-refractivity contribution is -0.136. The van der Waals surface area contributed by atoms with Crippen LogP contribution in [0.4, 0.5) is 11.4 Å². The van der Waals surface area contributed by atoms with Gasteiger partial charge in [0.25, 0.3) is 11.8 Å². The zero-order valence-electron chi connectivity index (χ0n) is 16.2. The molecule has 1 heterocycles. The number of nitrogens with two attached hydrogens (primary N) is 3. The molecule has 160 valence electrons. The number of nitrogens with zero attached hydrogens (tertiary/aromatic N) is 1. The van der Waals surface area contributed by atoms with Crippen molar-refractivity contribution in [1.29, 1.82) is 0 Å². The molecule has 11 nitrogen and oxygen atoms in total. The molecule has 8 N–H and O–H groups in total. The predicted octanol–water partition coefficient (Wildman–Crippen LogP) is -1.21. The highest BCUT2D eigenvalue weighted by Gasteiger charge is 2.34. The summed E-state index contributed by atoms with van der Waals surface area (Å²) in [6.45, 7) is 2.63. The minimum Gasteiger partial charge on any atom is -0.398 e. The number of hydrazine groups is 1. The molecule has 11 heteroatoms. The van der Waals surface area contributed by atoms with E-state index in [0.717, 1.165) is 5.01 Å². The molecule has 0 spiro atoms. The maximum atomic E-state index is 12.9. The van der Waals surface area contributed by atoms with Gasteiger partial charge in [-0.25, -0.2) is 5.84 Å². The summed E-state index contributed by atoms with van der Waals surface area (Å²) >= 11 is 0. The van der Waals surface area contributed by atoms with Gasteiger partial charge in [0.05, 0.1) is 32.0 Å². The molecule has 0 radical (unpaired) electrons. The molecule has 3 amide bonds. The second-order valence-electron chi connectivity index (χ2n) is 6.39. The molecule has 0 bridgehead atoms. The normalized spacial score (nSPS) is 16.4. The number of benzene rings is 1. The first-order chi connectivity index (χ1) is 14.0. The molecule has 29 heavy (non-hydrogen) atoms. The number of nitrogen functional groups attached to an aromatic ring is 1. The highest BCUT2D eigenvalue weighted by atomic mass is 16.5. The van der Waals surface area contributed by atoms with Crippen molar-refractivity contribution in [3.8, 4) is 0 Å². The van der Waals surface area contributed by atoms with Gasteiger partial charge in [-0.05, 0) is 18.6 Å². The Morgan fingerprint density at radius 2 is 1.93 bits per heavy atom. The van der Waals surface area contributed by atoms with Gasteiger partial charge in [-0.15, -0.1) is 0 Å². The molecule has 1 aliphatic rings. The highest BCUT2D eigenvalue weighted by Crippen LogP contribution is 2.24. The minimum atomic E-state index is -0.940. The third-order valence-electron chi connectivity index (χ3n) is 4.29. The lowest BCUT2D eigenvalue weighted by atomic mass is 10.0. The molecule has 1 aromatic carbocycles. The van der Waals surface area contributed by atoms with Gasteiger partial charge in [-0.3, -0.25) is 24.7 Å². The number of amides is 3. The molecule has 1 aliphatic heterocycles. The van der Waals surface area contributed by atoms with E-state index in [0.29, 0.717) is 45.2 Å². The standard InChI is InChI=1S/C18H28N6O5/c19-6-8-28-10-11-29-9-7-22-13-3-1-2-12(20)16(13)18(27)24(21)14-4-5-15(25)23-17(14)26/h1-3,14,22H,4-11,19-21H2,(H,23,25,26). The lowest BCUT2D eigenvalue weighted by Crippen LogP contribution is -2.57. The van der Waals surface area contributed by atoms with Crippen molar-refractivity contribution in [1.82, 2.24) is 10.3 Å². The summed E-state index contributed by atoms with van der Waals surface area (Å²) in [4.78, 5) is 36.2. The molecule has 1 atom stereocenters. The largest absolute Gasteiger partial charge is 0.398 e. The van der Waals surface area contributed by atoms with E-state index in [-0.39, 0.29) is 30.0 Å². The molecule has 1 saturated heterocycles. The number of hydrogen-bond acceptors (Lipinski definition) is 9. The van der Waals surface area contributed by atoms with Gasteiger partial charge >= 0.3 is 0 Å². The lowest BCUT2D eigenvalue weighted by Gasteiger charge is -2.29. The van der Waals surface area contributed by atoms with Crippen LogP contribution in [0.2, 0.25) is 0 Å². The molecule has 0 aromatic heterocycles. The first-order valence-electron chi connectivity index (χ1n) is 9.35. The van der Waals surface area contributed by atoms with E-state index in [9.17, 15) is 14.4 Å². The van der Waals surface area contributed by atoms with E-state index >= 15 is 0 Å². The number of hydrogen-bond donors (Lipinski definition) is 5. The summed E-state index contributed by atoms with van der Waals surface area (Å²) in [6, 6.07) is 4.02. The number of imide groups is 1. The van der Waals surface area contributed by atoms with Gasteiger partial charge in [0.2, 0.25) is 5.91 Å². The van der Waals surface area contributed by atoms with Crippen LogP contribution in [0.3, 0.4) is 0 Å². The van der Waals surface area contributed by atoms with E-state index < -0.39 is 17.9 Å². The summed E-state index contributed by atoms with van der Waals surface area (Å²) in [7, 11) is 0. The topological polar surface area (TPSA) is 175 Å². The number of carbonyl (C=O) groups excluding carboxylic acids is 3. The SMILES string of the molecule is NCCOCCOCCNc1cccc(N)c1C(=O)N(N)C1CCC(=O)NC1=O. The third-order valence-corrected chi connectivity index (χ3v) is 4.29. The van der Waals surface area contributed by atoms with E-state index in [1.165, 1.54) is 0 Å². The van der Waals surface area contributed by atoms with Gasteiger partial charge < -0.3 is 26.3 Å². The predicted molar refractivity (Wildman–Crippen MR) is 107 cm³/mol. The van der Waals surface area contributed by atoms with Gasteiger partial charge in [0.15, 0.2) is 0 Å². The van der Waals surface area contributed by atoms with Gasteiger partial charge in [0, 0.05) is 30.9 Å². The number of anilines is 2. The number of piperidine rings is 1. The highest BCUT2D eigenvalue weighted by molar-refractivity contribution is 6.07. The second-order valence-corrected chi connectivity index (χ2v) is 6.39. The Hall–Kier alpha value is -2.73. The number of ether oxygens (including phenoxy) is 2. The second kappa shape index (κ2) is 11.3. The Labute approximate surface area is 168 Å². The average Bonchev–Trinajstić information content (AvgIpc) is 2.69. The summed E-state index contributed by atoms with van der Waals surface area (Å²) in [5.41, 5.74) is 12.2. The van der Waals surface area contributed by atoms with E-state index in [1.54, 1.807) is 18.2 Å². The maximum Gasteiger partial charge on any atom is 0.272 e. The summed E-state index contributed by atoms with van der Waals surface area (Å²) < 4.78 is 10.6. The van der Waals surface area contributed by atoms with Crippen LogP contribution in [0.1, 0.15) is 23.2 Å². The van der Waals surface area contributed by atoms with Crippen molar-refractivity contribution in [2.45, 2.75) is 18.9 Å². The first-order valence-corrected chi connectivity index (χ1v) is 9.35. The molecular formula is C18H28N6O5. The Morgan fingerprint density at radius 3 is 2.62 bits per heavy atom. The maximum absolute atomic E-state index is 12.9. The van der Waals surface area contributed by atoms with Crippen molar-refractivity contribution in [2.24, 2.45) is 11.6 Å². The first kappa shape index (κ1) is 22.6. The van der Waals surface area contributed by atoms with Crippen LogP contribution < -0.4 is 27.9 Å². The Morgan fingerprint density at radius 1 is 1.21 bits per heavy atom. The van der Waals surface area contributed by atoms with Crippen LogP contribution in [0.25, 0.3) is 0 Å². The van der Waals surface area contributed by atoms with E-state index in [1.807, 2.05) is 0 Å². The molecule has 2 rings (SSSR count). The average molecular weight is 408 g/mol. The number of carbonyl (C=O) groups is 3. The van der Waals surface area contributed by atoms with Gasteiger partial charge in [0.1, 0.15) is 6.04 Å². The van der Waals surface area contributed by atoms with Crippen molar-refractivity contribution >= 4 is 29.1 Å². The van der Waals surface area contributed by atoms with Crippen molar-refractivity contribution in [3.05, 3.63) is 23.8 Å². The van der Waals surface area contributed by atoms with Crippen LogP contribution in [0.15, 0.2) is 18.2 Å². The van der Waals surface area contributed by atoms with Gasteiger partial charge in [-0.1, -0.05) is 6.07 Å². The fourth-order valence-electron chi connectivity index (χ4n) is 2.84. The van der Waals surface area contributed by atoms with Crippen LogP contribution in [-0.4, -0.2) is 68.3 Å². The summed E-state index contributed by atoms with van der Waals surface area (Å²) in [6.07, 6.45) is 0.265. The smallest absolute Gasteiger partial charge is 0.272 e. The van der Waals surface area contributed by atoms with E-state index in [4.69, 9.17) is 26.8 Å². The van der Waals surface area contributed by atoms with Crippen LogP contribution in [-0.2, 0) is 19.1 Å². The fourth-order valence-corrected chi connectivity index (χ4v) is 2.84. The van der Waals surface area contributed by atoms with Crippen LogP contribution in [0, 0.1) is 0 Å². The van der Waals surface area contributed by atoms with Gasteiger partial charge in [-0.2, -0.15) is 0 Å². The summed E-state index contributed by atoms with van der Waals surface area (Å²) in [5, 5.41) is 6.09. The van der Waals surface area contributed by atoms with Crippen molar-refractivity contribution < 1.29 is 23.9 Å². The molecule has 1 fully saturated rings. The number of nitrogens with one attached hydrogen (secondary N) is 2. The molecule has 1 aromatic rings. The summed E-state index contributed by atoms with van der Waals surface area (Å²) in [5.74, 6) is 4.31. The zero-order valence-corrected chi connectivity index (χ0v) is 16.2. The minimum absolute atomic E-state index is 0.110. The quantitative estimate of drug-likeness (QED) is 0.0751. The molecule has 1 unspecified atom stereocenters. The Bertz CT molecular complexity index is 729. The number of rotatable bonds is 11. The molecule has 0 aliphatic carbocycles. The van der Waals surface area contributed by atoms with E-state index in [2.05, 4.69) is 10.6 Å². The Kier molecular flexibility index (Phi) is 8.80.